The van der Waals surface area contributed by atoms with Crippen LogP contribution in [0.4, 0.5) is 0 Å². The van der Waals surface area contributed by atoms with Gasteiger partial charge in [0.2, 0.25) is 6.29 Å². The van der Waals surface area contributed by atoms with Crippen molar-refractivity contribution >= 4 is 11.9 Å². The van der Waals surface area contributed by atoms with Crippen LogP contribution in [0.1, 0.15) is 40.0 Å². The molecule has 0 amide bonds. The van der Waals surface area contributed by atoms with Gasteiger partial charge in [-0.05, 0) is 37.8 Å². The lowest BCUT2D eigenvalue weighted by molar-refractivity contribution is -0.167. The summed E-state index contributed by atoms with van der Waals surface area (Å²) < 4.78 is 16.3. The molecule has 4 rings (SSSR count). The normalized spacial score (nSPS) is 41.6. The lowest BCUT2D eigenvalue weighted by Crippen LogP contribution is -2.55. The fourth-order valence-corrected chi connectivity index (χ4v) is 4.74. The van der Waals surface area contributed by atoms with E-state index in [1.165, 1.54) is 0 Å². The second-order valence-corrected chi connectivity index (χ2v) is 8.19. The maximum atomic E-state index is 12.4. The van der Waals surface area contributed by atoms with Crippen LogP contribution in [-0.4, -0.2) is 41.6 Å². The van der Waals surface area contributed by atoms with Gasteiger partial charge >= 0.3 is 11.9 Å². The largest absolute Gasteiger partial charge is 0.458 e. The van der Waals surface area contributed by atoms with Gasteiger partial charge in [0.15, 0.2) is 0 Å². The first-order chi connectivity index (χ1) is 11.7. The summed E-state index contributed by atoms with van der Waals surface area (Å²) in [5, 5.41) is 11.4. The molecule has 0 bridgehead atoms. The van der Waals surface area contributed by atoms with Crippen LogP contribution in [0, 0.1) is 17.3 Å². The van der Waals surface area contributed by atoms with E-state index in [-0.39, 0.29) is 23.9 Å². The molecule has 6 heteroatoms. The molecule has 0 aromatic rings. The van der Waals surface area contributed by atoms with Crippen LogP contribution in [0.15, 0.2) is 23.3 Å². The van der Waals surface area contributed by atoms with Gasteiger partial charge in [-0.15, -0.1) is 0 Å². The molecule has 6 nitrogen and oxygen atoms in total. The smallest absolute Gasteiger partial charge is 0.336 e. The van der Waals surface area contributed by atoms with Gasteiger partial charge < -0.3 is 19.3 Å². The highest BCUT2D eigenvalue weighted by molar-refractivity contribution is 5.89. The number of aliphatic hydroxyl groups is 1. The molecular formula is C19H24O6. The second-order valence-electron chi connectivity index (χ2n) is 8.19. The maximum absolute atomic E-state index is 12.4. The Morgan fingerprint density at radius 1 is 1.28 bits per heavy atom. The summed E-state index contributed by atoms with van der Waals surface area (Å²) in [7, 11) is 0. The minimum absolute atomic E-state index is 0.0992. The third-order valence-electron chi connectivity index (χ3n) is 6.31. The molecule has 25 heavy (non-hydrogen) atoms. The molecule has 2 aliphatic heterocycles. The van der Waals surface area contributed by atoms with Gasteiger partial charge in [-0.25, -0.2) is 4.79 Å². The highest BCUT2D eigenvalue weighted by Crippen LogP contribution is 2.58. The molecule has 1 saturated carbocycles. The zero-order valence-corrected chi connectivity index (χ0v) is 14.8. The lowest BCUT2D eigenvalue weighted by atomic mass is 9.62. The Hall–Kier alpha value is -1.66. The third kappa shape index (κ3) is 2.30. The minimum Gasteiger partial charge on any atom is -0.458 e. The molecule has 0 aromatic carbocycles. The number of esters is 2. The SMILES string of the molecule is CC1=CC(OCC2C(=O)OC3C2C=C2CCCC(C)(C)C23O)OC1=O. The van der Waals surface area contributed by atoms with Gasteiger partial charge in [-0.3, -0.25) is 4.79 Å². The van der Waals surface area contributed by atoms with Crippen molar-refractivity contribution < 1.29 is 28.9 Å². The summed E-state index contributed by atoms with van der Waals surface area (Å²) in [5.74, 6) is -1.45. The van der Waals surface area contributed by atoms with Crippen LogP contribution in [0.25, 0.3) is 0 Å². The van der Waals surface area contributed by atoms with Crippen molar-refractivity contribution in [3.05, 3.63) is 23.3 Å². The van der Waals surface area contributed by atoms with E-state index in [4.69, 9.17) is 14.2 Å². The Morgan fingerprint density at radius 2 is 2.04 bits per heavy atom. The Balaban J connectivity index is 1.52. The van der Waals surface area contributed by atoms with Crippen molar-refractivity contribution in [2.75, 3.05) is 6.61 Å². The molecule has 5 unspecified atom stereocenters. The molecular weight excluding hydrogens is 324 g/mol. The maximum Gasteiger partial charge on any atom is 0.336 e. The summed E-state index contributed by atoms with van der Waals surface area (Å²) in [6.07, 6.45) is 5.07. The number of hydrogen-bond acceptors (Lipinski definition) is 6. The third-order valence-corrected chi connectivity index (χ3v) is 6.31. The quantitative estimate of drug-likeness (QED) is 0.619. The average molecular weight is 348 g/mol. The monoisotopic (exact) mass is 348 g/mol. The van der Waals surface area contributed by atoms with E-state index in [2.05, 4.69) is 0 Å². The van der Waals surface area contributed by atoms with E-state index >= 15 is 0 Å². The molecule has 2 aliphatic carbocycles. The van der Waals surface area contributed by atoms with E-state index < -0.39 is 29.9 Å². The Kier molecular flexibility index (Phi) is 3.64. The molecule has 0 radical (unpaired) electrons. The molecule has 136 valence electrons. The van der Waals surface area contributed by atoms with E-state index in [1.54, 1.807) is 13.0 Å². The number of cyclic esters (lactones) is 1. The van der Waals surface area contributed by atoms with E-state index in [9.17, 15) is 14.7 Å². The highest BCUT2D eigenvalue weighted by atomic mass is 16.7. The van der Waals surface area contributed by atoms with Crippen molar-refractivity contribution in [3.63, 3.8) is 0 Å². The first kappa shape index (κ1) is 16.8. The first-order valence-electron chi connectivity index (χ1n) is 8.89. The van der Waals surface area contributed by atoms with Gasteiger partial charge in [-0.2, -0.15) is 0 Å². The number of carbonyl (C=O) groups excluding carboxylic acids is 2. The number of fused-ring (bicyclic) bond motifs is 3. The summed E-state index contributed by atoms with van der Waals surface area (Å²) in [4.78, 5) is 23.8. The van der Waals surface area contributed by atoms with Crippen molar-refractivity contribution in [1.29, 1.82) is 0 Å². The molecule has 2 fully saturated rings. The molecule has 2 heterocycles. The molecule has 1 saturated heterocycles. The molecule has 0 aromatic heterocycles. The van der Waals surface area contributed by atoms with E-state index in [1.807, 2.05) is 19.9 Å². The van der Waals surface area contributed by atoms with E-state index in [0.29, 0.717) is 5.57 Å². The highest BCUT2D eigenvalue weighted by Gasteiger charge is 2.65. The van der Waals surface area contributed by atoms with E-state index in [0.717, 1.165) is 24.8 Å². The topological polar surface area (TPSA) is 82.1 Å². The fourth-order valence-electron chi connectivity index (χ4n) is 4.74. The Morgan fingerprint density at radius 3 is 2.72 bits per heavy atom. The Labute approximate surface area is 146 Å². The Bertz CT molecular complexity index is 690. The number of ether oxygens (including phenoxy) is 3. The average Bonchev–Trinajstić information content (AvgIpc) is 3.11. The van der Waals surface area contributed by atoms with Crippen LogP contribution >= 0.6 is 0 Å². The van der Waals surface area contributed by atoms with Crippen molar-refractivity contribution in [2.45, 2.75) is 58.0 Å². The second kappa shape index (κ2) is 5.42. The van der Waals surface area contributed by atoms with Crippen molar-refractivity contribution in [3.8, 4) is 0 Å². The van der Waals surface area contributed by atoms with Crippen LogP contribution in [0.3, 0.4) is 0 Å². The van der Waals surface area contributed by atoms with Crippen molar-refractivity contribution in [2.24, 2.45) is 17.3 Å². The summed E-state index contributed by atoms with van der Waals surface area (Å²) in [6, 6.07) is 0. The zero-order chi connectivity index (χ0) is 18.0. The van der Waals surface area contributed by atoms with Gasteiger partial charge in [0.25, 0.3) is 0 Å². The van der Waals surface area contributed by atoms with Gasteiger partial charge in [0, 0.05) is 16.9 Å². The summed E-state index contributed by atoms with van der Waals surface area (Å²) in [6.45, 7) is 5.83. The van der Waals surface area contributed by atoms with Gasteiger partial charge in [0.1, 0.15) is 11.7 Å². The molecule has 4 aliphatic rings. The number of rotatable bonds is 3. The summed E-state index contributed by atoms with van der Waals surface area (Å²) in [5.41, 5.74) is 0.0468. The zero-order valence-electron chi connectivity index (χ0n) is 14.8. The molecule has 5 atom stereocenters. The predicted molar refractivity (Wildman–Crippen MR) is 87.1 cm³/mol. The first-order valence-corrected chi connectivity index (χ1v) is 8.89. The van der Waals surface area contributed by atoms with Gasteiger partial charge in [-0.1, -0.05) is 19.9 Å². The lowest BCUT2D eigenvalue weighted by Gasteiger charge is -2.48. The van der Waals surface area contributed by atoms with Gasteiger partial charge in [0.05, 0.1) is 12.5 Å². The number of hydrogen-bond donors (Lipinski definition) is 1. The molecule has 1 N–H and O–H groups in total. The molecule has 0 spiro atoms. The summed E-state index contributed by atoms with van der Waals surface area (Å²) >= 11 is 0. The van der Waals surface area contributed by atoms with Crippen LogP contribution in [0.2, 0.25) is 0 Å². The fraction of sp³-hybridized carbons (Fsp3) is 0.684. The standard InChI is InChI=1S/C19H24O6/c1-10-7-14(24-16(10)20)23-9-13-12-8-11-5-4-6-18(2,3)19(11,22)15(12)25-17(13)21/h7-8,12-15,22H,4-6,9H2,1-3H3. The van der Waals surface area contributed by atoms with Crippen LogP contribution in [-0.2, 0) is 23.8 Å². The number of carbonyl (C=O) groups is 2. The van der Waals surface area contributed by atoms with Crippen LogP contribution < -0.4 is 0 Å². The van der Waals surface area contributed by atoms with Crippen molar-refractivity contribution in [1.82, 2.24) is 0 Å². The van der Waals surface area contributed by atoms with Crippen LogP contribution in [0.5, 0.6) is 0 Å². The predicted octanol–water partition coefficient (Wildman–Crippen LogP) is 1.87. The minimum atomic E-state index is -1.10.